The minimum atomic E-state index is -0.931. The van der Waals surface area contributed by atoms with Gasteiger partial charge in [-0.3, -0.25) is 4.79 Å². The molecule has 3 N–H and O–H groups in total. The van der Waals surface area contributed by atoms with E-state index >= 15 is 0 Å². The first-order valence-electron chi connectivity index (χ1n) is 5.54. The van der Waals surface area contributed by atoms with Crippen LogP contribution in [0.4, 0.5) is 20.4 Å². The van der Waals surface area contributed by atoms with Gasteiger partial charge in [-0.2, -0.15) is 0 Å². The Hall–Kier alpha value is -1.96. The van der Waals surface area contributed by atoms with Gasteiger partial charge >= 0.3 is 0 Å². The highest BCUT2D eigenvalue weighted by Crippen LogP contribution is 2.19. The first kappa shape index (κ1) is 15.1. The van der Waals surface area contributed by atoms with Gasteiger partial charge in [-0.05, 0) is 0 Å². The molecule has 106 valence electrons. The second kappa shape index (κ2) is 6.83. The van der Waals surface area contributed by atoms with Crippen LogP contribution in [0, 0.1) is 11.6 Å². The molecule has 1 amide bonds. The van der Waals surface area contributed by atoms with E-state index in [4.69, 9.17) is 10.5 Å². The van der Waals surface area contributed by atoms with Gasteiger partial charge in [0.1, 0.15) is 0 Å². The van der Waals surface area contributed by atoms with Gasteiger partial charge in [-0.1, -0.05) is 0 Å². The van der Waals surface area contributed by atoms with E-state index < -0.39 is 17.5 Å². The van der Waals surface area contributed by atoms with E-state index in [0.29, 0.717) is 19.2 Å². The molecular formula is C11H16F2N4O2. The van der Waals surface area contributed by atoms with Crippen molar-refractivity contribution in [1.29, 1.82) is 0 Å². The van der Waals surface area contributed by atoms with E-state index in [-0.39, 0.29) is 18.3 Å². The fraction of sp³-hybridized carbons (Fsp3) is 0.455. The first-order valence-corrected chi connectivity index (χ1v) is 5.54. The van der Waals surface area contributed by atoms with Crippen LogP contribution in [0.1, 0.15) is 0 Å². The van der Waals surface area contributed by atoms with E-state index in [1.54, 1.807) is 0 Å². The van der Waals surface area contributed by atoms with Crippen molar-refractivity contribution in [3.8, 4) is 0 Å². The molecule has 0 atom stereocenters. The Labute approximate surface area is 109 Å². The number of likely N-dealkylation sites (N-methyl/N-ethyl adjacent to an activating group) is 1. The molecule has 1 aromatic heterocycles. The second-order valence-corrected chi connectivity index (χ2v) is 3.86. The number of carbonyl (C=O) groups is 1. The monoisotopic (exact) mass is 274 g/mol. The number of nitrogens with two attached hydrogens (primary N) is 1. The number of carbonyl (C=O) groups excluding carboxylic acids is 1. The predicted molar refractivity (Wildman–Crippen MR) is 66.7 cm³/mol. The minimum Gasteiger partial charge on any atom is -0.383 e. The highest BCUT2D eigenvalue weighted by molar-refractivity contribution is 5.80. The van der Waals surface area contributed by atoms with E-state index in [1.165, 1.54) is 19.1 Å². The maximum atomic E-state index is 13.5. The third-order valence-electron chi connectivity index (χ3n) is 2.31. The summed E-state index contributed by atoms with van der Waals surface area (Å²) in [6, 6.07) is 0.636. The molecule has 1 aromatic rings. The van der Waals surface area contributed by atoms with Crippen molar-refractivity contribution in [3.05, 3.63) is 17.7 Å². The summed E-state index contributed by atoms with van der Waals surface area (Å²) in [5, 5.41) is 2.57. The first-order chi connectivity index (χ1) is 8.95. The van der Waals surface area contributed by atoms with Crippen LogP contribution in [0.3, 0.4) is 0 Å². The SMILES string of the molecule is COCCNC(=O)CN(C)c1nc(N)c(F)cc1F. The summed E-state index contributed by atoms with van der Waals surface area (Å²) in [6.07, 6.45) is 0. The van der Waals surface area contributed by atoms with Gasteiger partial charge in [0.25, 0.3) is 0 Å². The lowest BCUT2D eigenvalue weighted by atomic mass is 10.3. The minimum absolute atomic E-state index is 0.126. The Morgan fingerprint density at radius 3 is 2.84 bits per heavy atom. The van der Waals surface area contributed by atoms with Crippen molar-refractivity contribution in [3.63, 3.8) is 0 Å². The summed E-state index contributed by atoms with van der Waals surface area (Å²) in [4.78, 5) is 16.3. The third kappa shape index (κ3) is 4.32. The van der Waals surface area contributed by atoms with Crippen LogP contribution < -0.4 is 16.0 Å². The van der Waals surface area contributed by atoms with Crippen molar-refractivity contribution >= 4 is 17.5 Å². The normalized spacial score (nSPS) is 10.3. The number of aromatic nitrogens is 1. The predicted octanol–water partition coefficient (Wildman–Crippen LogP) is 0.141. The number of nitrogen functional groups attached to an aromatic ring is 1. The molecule has 0 aromatic carbocycles. The molecule has 0 saturated carbocycles. The lowest BCUT2D eigenvalue weighted by Crippen LogP contribution is -2.37. The smallest absolute Gasteiger partial charge is 0.239 e. The number of pyridine rings is 1. The number of ether oxygens (including phenoxy) is 1. The summed E-state index contributed by atoms with van der Waals surface area (Å²) in [5.74, 6) is -2.73. The van der Waals surface area contributed by atoms with E-state index in [1.807, 2.05) is 0 Å². The lowest BCUT2D eigenvalue weighted by molar-refractivity contribution is -0.119. The van der Waals surface area contributed by atoms with Gasteiger partial charge in [-0.25, -0.2) is 13.8 Å². The Kier molecular flexibility index (Phi) is 5.43. The van der Waals surface area contributed by atoms with E-state index in [0.717, 1.165) is 0 Å². The van der Waals surface area contributed by atoms with Gasteiger partial charge in [-0.15, -0.1) is 0 Å². The maximum absolute atomic E-state index is 13.5. The van der Waals surface area contributed by atoms with Gasteiger partial charge in [0.05, 0.1) is 13.2 Å². The van der Waals surface area contributed by atoms with Gasteiger partial charge in [0.15, 0.2) is 23.3 Å². The Bertz CT molecular complexity index is 457. The summed E-state index contributed by atoms with van der Waals surface area (Å²) in [7, 11) is 2.97. The van der Waals surface area contributed by atoms with Crippen molar-refractivity contribution in [2.75, 3.05) is 44.5 Å². The Balaban J connectivity index is 2.65. The van der Waals surface area contributed by atoms with Gasteiger partial charge in [0, 0.05) is 26.8 Å². The zero-order valence-corrected chi connectivity index (χ0v) is 10.7. The van der Waals surface area contributed by atoms with Crippen LogP contribution in [-0.4, -0.2) is 44.7 Å². The average Bonchev–Trinajstić information content (AvgIpc) is 2.34. The molecule has 0 aliphatic heterocycles. The molecular weight excluding hydrogens is 258 g/mol. The topological polar surface area (TPSA) is 80.5 Å². The zero-order valence-electron chi connectivity index (χ0n) is 10.7. The largest absolute Gasteiger partial charge is 0.383 e. The molecule has 0 aliphatic carbocycles. The molecule has 0 fully saturated rings. The second-order valence-electron chi connectivity index (χ2n) is 3.86. The van der Waals surface area contributed by atoms with Crippen LogP contribution in [-0.2, 0) is 9.53 Å². The molecule has 0 radical (unpaired) electrons. The fourth-order valence-corrected chi connectivity index (χ4v) is 1.38. The molecule has 0 spiro atoms. The molecule has 0 aliphatic rings. The number of anilines is 2. The molecule has 1 rings (SSSR count). The molecule has 6 nitrogen and oxygen atoms in total. The number of nitrogens with one attached hydrogen (secondary N) is 1. The number of rotatable bonds is 6. The molecule has 0 bridgehead atoms. The number of amides is 1. The number of methoxy groups -OCH3 is 1. The maximum Gasteiger partial charge on any atom is 0.239 e. The van der Waals surface area contributed by atoms with Crippen LogP contribution in [0.5, 0.6) is 0 Å². The zero-order chi connectivity index (χ0) is 14.4. The van der Waals surface area contributed by atoms with Crippen LogP contribution in [0.15, 0.2) is 6.07 Å². The van der Waals surface area contributed by atoms with Gasteiger partial charge < -0.3 is 20.7 Å². The molecule has 1 heterocycles. The van der Waals surface area contributed by atoms with Crippen molar-refractivity contribution in [2.45, 2.75) is 0 Å². The quantitative estimate of drug-likeness (QED) is 0.721. The number of hydrogen-bond acceptors (Lipinski definition) is 5. The average molecular weight is 274 g/mol. The summed E-state index contributed by atoms with van der Waals surface area (Å²) < 4.78 is 31.2. The van der Waals surface area contributed by atoms with Crippen LogP contribution in [0.2, 0.25) is 0 Å². The van der Waals surface area contributed by atoms with Crippen molar-refractivity contribution in [1.82, 2.24) is 10.3 Å². The Morgan fingerprint density at radius 1 is 1.53 bits per heavy atom. The third-order valence-corrected chi connectivity index (χ3v) is 2.31. The fourth-order valence-electron chi connectivity index (χ4n) is 1.38. The van der Waals surface area contributed by atoms with E-state index in [2.05, 4.69) is 10.3 Å². The van der Waals surface area contributed by atoms with Gasteiger partial charge in [0.2, 0.25) is 5.91 Å². The highest BCUT2D eigenvalue weighted by Gasteiger charge is 2.15. The lowest BCUT2D eigenvalue weighted by Gasteiger charge is -2.18. The highest BCUT2D eigenvalue weighted by atomic mass is 19.1. The van der Waals surface area contributed by atoms with Crippen LogP contribution in [0.25, 0.3) is 0 Å². The van der Waals surface area contributed by atoms with Crippen molar-refractivity contribution in [2.24, 2.45) is 0 Å². The number of hydrogen-bond donors (Lipinski definition) is 2. The molecule has 0 saturated heterocycles. The standard InChI is InChI=1S/C11H16F2N4O2/c1-17(6-9(18)15-3-4-19-2)11-8(13)5-7(12)10(14)16-11/h5H,3-4,6H2,1-2H3,(H2,14,16)(H,15,18). The molecule has 8 heteroatoms. The van der Waals surface area contributed by atoms with Crippen LogP contribution >= 0.6 is 0 Å². The van der Waals surface area contributed by atoms with Crippen molar-refractivity contribution < 1.29 is 18.3 Å². The summed E-state index contributed by atoms with van der Waals surface area (Å²) in [6.45, 7) is 0.606. The summed E-state index contributed by atoms with van der Waals surface area (Å²) >= 11 is 0. The molecule has 0 unspecified atom stereocenters. The number of nitrogens with zero attached hydrogens (tertiary/aromatic N) is 2. The number of halogens is 2. The summed E-state index contributed by atoms with van der Waals surface area (Å²) in [5.41, 5.74) is 5.26. The Morgan fingerprint density at radius 2 is 2.21 bits per heavy atom. The molecule has 19 heavy (non-hydrogen) atoms. The van der Waals surface area contributed by atoms with E-state index in [9.17, 15) is 13.6 Å².